The molecule has 1 aliphatic heterocycles. The Morgan fingerprint density at radius 1 is 1.15 bits per heavy atom. The lowest BCUT2D eigenvalue weighted by Gasteiger charge is -2.20. The first-order valence-electron chi connectivity index (χ1n) is 9.33. The molecule has 6 heteroatoms. The highest BCUT2D eigenvalue weighted by molar-refractivity contribution is 5.97. The third kappa shape index (κ3) is 4.21. The van der Waals surface area contributed by atoms with Crippen molar-refractivity contribution in [3.8, 4) is 5.75 Å². The van der Waals surface area contributed by atoms with Crippen LogP contribution in [0, 0.1) is 17.6 Å². The van der Waals surface area contributed by atoms with Crippen molar-refractivity contribution in [2.45, 2.75) is 25.3 Å². The van der Waals surface area contributed by atoms with Gasteiger partial charge in [-0.05, 0) is 49.4 Å². The molecule has 142 valence electrons. The minimum atomic E-state index is -0.594. The summed E-state index contributed by atoms with van der Waals surface area (Å²) in [7, 11) is 0. The molecule has 1 heterocycles. The zero-order chi connectivity index (χ0) is 18.8. The monoisotopic (exact) mass is 372 g/mol. The maximum absolute atomic E-state index is 14.0. The van der Waals surface area contributed by atoms with E-state index in [1.54, 1.807) is 6.07 Å². The zero-order valence-electron chi connectivity index (χ0n) is 15.0. The predicted octanol–water partition coefficient (Wildman–Crippen LogP) is 3.76. The van der Waals surface area contributed by atoms with Gasteiger partial charge in [-0.3, -0.25) is 4.79 Å². The third-order valence-corrected chi connectivity index (χ3v) is 5.08. The van der Waals surface area contributed by atoms with Crippen molar-refractivity contribution < 1.29 is 18.3 Å². The molecule has 4 rings (SSSR count). The number of amides is 1. The molecule has 2 aliphatic rings. The van der Waals surface area contributed by atoms with Gasteiger partial charge in [0.2, 0.25) is 0 Å². The Morgan fingerprint density at radius 2 is 1.96 bits per heavy atom. The van der Waals surface area contributed by atoms with Crippen LogP contribution in [0.5, 0.6) is 5.75 Å². The molecule has 1 amide bonds. The molecule has 1 saturated heterocycles. The maximum Gasteiger partial charge on any atom is 0.255 e. The second-order valence-corrected chi connectivity index (χ2v) is 7.25. The molecule has 0 aromatic heterocycles. The molecule has 27 heavy (non-hydrogen) atoms. The fourth-order valence-corrected chi connectivity index (χ4v) is 3.37. The van der Waals surface area contributed by atoms with E-state index in [1.807, 2.05) is 23.1 Å². The summed E-state index contributed by atoms with van der Waals surface area (Å²) in [6.45, 7) is 1.73. The van der Waals surface area contributed by atoms with Gasteiger partial charge in [-0.15, -0.1) is 0 Å². The van der Waals surface area contributed by atoms with Crippen molar-refractivity contribution in [1.82, 2.24) is 5.32 Å². The van der Waals surface area contributed by atoms with Gasteiger partial charge in [0.05, 0.1) is 17.9 Å². The smallest absolute Gasteiger partial charge is 0.255 e. The van der Waals surface area contributed by atoms with E-state index in [1.165, 1.54) is 25.0 Å². The van der Waals surface area contributed by atoms with Crippen LogP contribution in [0.25, 0.3) is 0 Å². The van der Waals surface area contributed by atoms with Crippen molar-refractivity contribution in [2.75, 3.05) is 24.6 Å². The molecule has 4 nitrogen and oxygen atoms in total. The summed E-state index contributed by atoms with van der Waals surface area (Å²) in [6.07, 6.45) is 3.08. The lowest BCUT2D eigenvalue weighted by atomic mass is 10.1. The number of nitrogens with one attached hydrogen (secondary N) is 1. The molecule has 1 atom stereocenters. The molecule has 2 aromatic carbocycles. The number of carbonyl (C=O) groups excluding carboxylic acids is 1. The van der Waals surface area contributed by atoms with Crippen LogP contribution in [0.4, 0.5) is 14.5 Å². The molecular weight excluding hydrogens is 350 g/mol. The van der Waals surface area contributed by atoms with Gasteiger partial charge in [0.1, 0.15) is 17.4 Å². The summed E-state index contributed by atoms with van der Waals surface area (Å²) in [4.78, 5) is 14.5. The highest BCUT2D eigenvalue weighted by atomic mass is 19.1. The van der Waals surface area contributed by atoms with E-state index in [0.29, 0.717) is 49.0 Å². The van der Waals surface area contributed by atoms with Crippen LogP contribution in [0.15, 0.2) is 42.5 Å². The maximum atomic E-state index is 14.0. The van der Waals surface area contributed by atoms with Crippen molar-refractivity contribution in [3.05, 3.63) is 59.7 Å². The lowest BCUT2D eigenvalue weighted by Crippen LogP contribution is -2.37. The number of ether oxygens (including phenoxy) is 1. The second-order valence-electron chi connectivity index (χ2n) is 7.25. The number of para-hydroxylation sites is 1. The first-order valence-corrected chi connectivity index (χ1v) is 9.33. The van der Waals surface area contributed by atoms with Gasteiger partial charge in [-0.1, -0.05) is 12.1 Å². The van der Waals surface area contributed by atoms with Crippen LogP contribution in [-0.2, 0) is 0 Å². The van der Waals surface area contributed by atoms with E-state index in [0.717, 1.165) is 6.07 Å². The average molecular weight is 372 g/mol. The number of hydrogen-bond donors (Lipinski definition) is 1. The lowest BCUT2D eigenvalue weighted by molar-refractivity contribution is 0.0936. The Balaban J connectivity index is 1.39. The third-order valence-electron chi connectivity index (χ3n) is 5.08. The number of benzene rings is 2. The molecular formula is C21H22F2N2O2. The zero-order valence-corrected chi connectivity index (χ0v) is 15.0. The molecule has 2 fully saturated rings. The van der Waals surface area contributed by atoms with Gasteiger partial charge in [-0.25, -0.2) is 8.78 Å². The topological polar surface area (TPSA) is 41.6 Å². The molecule has 1 unspecified atom stereocenters. The number of anilines is 1. The van der Waals surface area contributed by atoms with Crippen LogP contribution in [-0.4, -0.2) is 31.6 Å². The van der Waals surface area contributed by atoms with Crippen LogP contribution in [0.2, 0.25) is 0 Å². The summed E-state index contributed by atoms with van der Waals surface area (Å²) in [5.41, 5.74) is 0.880. The Hall–Kier alpha value is -2.63. The average Bonchev–Trinajstić information content (AvgIpc) is 3.38. The molecule has 1 saturated carbocycles. The van der Waals surface area contributed by atoms with Crippen LogP contribution >= 0.6 is 0 Å². The highest BCUT2D eigenvalue weighted by Crippen LogP contribution is 2.30. The normalized spacial score (nSPS) is 19.2. The van der Waals surface area contributed by atoms with Crippen molar-refractivity contribution in [1.29, 1.82) is 0 Å². The quantitative estimate of drug-likeness (QED) is 0.839. The summed E-state index contributed by atoms with van der Waals surface area (Å²) in [5, 5.41) is 3.01. The fourth-order valence-electron chi connectivity index (χ4n) is 3.37. The Labute approximate surface area is 157 Å². The molecule has 0 spiro atoms. The molecule has 1 N–H and O–H groups in total. The van der Waals surface area contributed by atoms with Crippen LogP contribution in [0.3, 0.4) is 0 Å². The molecule has 0 bridgehead atoms. The predicted molar refractivity (Wildman–Crippen MR) is 99.1 cm³/mol. The molecule has 0 radical (unpaired) electrons. The number of rotatable bonds is 6. The number of hydrogen-bond acceptors (Lipinski definition) is 3. The van der Waals surface area contributed by atoms with Gasteiger partial charge in [0.15, 0.2) is 0 Å². The fraction of sp³-hybridized carbons (Fsp3) is 0.381. The first kappa shape index (κ1) is 17.8. The largest absolute Gasteiger partial charge is 0.492 e. The second kappa shape index (κ2) is 7.55. The summed E-state index contributed by atoms with van der Waals surface area (Å²) in [5.74, 6) is -0.159. The first-order chi connectivity index (χ1) is 13.1. The van der Waals surface area contributed by atoms with Crippen LogP contribution in [0.1, 0.15) is 29.6 Å². The number of carbonyl (C=O) groups is 1. The van der Waals surface area contributed by atoms with E-state index in [9.17, 15) is 13.6 Å². The van der Waals surface area contributed by atoms with Gasteiger partial charge in [-0.2, -0.15) is 0 Å². The van der Waals surface area contributed by atoms with E-state index >= 15 is 0 Å². The Morgan fingerprint density at radius 3 is 2.74 bits per heavy atom. The van der Waals surface area contributed by atoms with Crippen molar-refractivity contribution in [2.24, 2.45) is 5.92 Å². The summed E-state index contributed by atoms with van der Waals surface area (Å²) in [6, 6.07) is 10.7. The van der Waals surface area contributed by atoms with E-state index in [-0.39, 0.29) is 11.9 Å². The Kier molecular flexibility index (Phi) is 4.97. The highest BCUT2D eigenvalue weighted by Gasteiger charge is 2.27. The molecule has 1 aliphatic carbocycles. The van der Waals surface area contributed by atoms with Crippen molar-refractivity contribution in [3.63, 3.8) is 0 Å². The summed E-state index contributed by atoms with van der Waals surface area (Å²) < 4.78 is 32.9. The minimum Gasteiger partial charge on any atom is -0.492 e. The number of nitrogens with zero attached hydrogens (tertiary/aromatic N) is 1. The summed E-state index contributed by atoms with van der Waals surface area (Å²) >= 11 is 0. The van der Waals surface area contributed by atoms with E-state index in [4.69, 9.17) is 4.74 Å². The van der Waals surface area contributed by atoms with E-state index in [2.05, 4.69) is 5.32 Å². The molecule has 2 aromatic rings. The van der Waals surface area contributed by atoms with Gasteiger partial charge in [0, 0.05) is 25.2 Å². The minimum absolute atomic E-state index is 0.0987. The van der Waals surface area contributed by atoms with Gasteiger partial charge in [0.25, 0.3) is 5.91 Å². The number of halogens is 2. The van der Waals surface area contributed by atoms with Crippen LogP contribution < -0.4 is 15.0 Å². The van der Waals surface area contributed by atoms with Crippen molar-refractivity contribution >= 4 is 11.6 Å². The standard InChI is InChI=1S/C21H22F2N2O2/c22-15-7-8-19(18(23)11-15)25-10-9-16(12-25)24-21(26)17-3-1-2-4-20(17)27-13-14-5-6-14/h1-4,7-8,11,14,16H,5-6,9-10,12-13H2,(H,24,26). The van der Waals surface area contributed by atoms with Gasteiger partial charge >= 0.3 is 0 Å². The van der Waals surface area contributed by atoms with E-state index < -0.39 is 11.6 Å². The SMILES string of the molecule is O=C(NC1CCN(c2ccc(F)cc2F)C1)c1ccccc1OCC1CC1. The van der Waals surface area contributed by atoms with Gasteiger partial charge < -0.3 is 15.0 Å². The Bertz CT molecular complexity index is 839.